The van der Waals surface area contributed by atoms with Gasteiger partial charge in [-0.3, -0.25) is 9.88 Å². The van der Waals surface area contributed by atoms with Crippen molar-refractivity contribution >= 4 is 11.8 Å². The number of benzene rings is 1. The largest absolute Gasteiger partial charge is 0.443 e. The normalized spacial score (nSPS) is 10.9. The van der Waals surface area contributed by atoms with Gasteiger partial charge in [0.1, 0.15) is 5.60 Å². The van der Waals surface area contributed by atoms with E-state index in [1.165, 1.54) is 0 Å². The molecule has 1 aromatic carbocycles. The number of pyridine rings is 1. The number of aromatic nitrogens is 1. The maximum Gasteiger partial charge on any atom is 0.415 e. The van der Waals surface area contributed by atoms with Gasteiger partial charge in [-0.15, -0.1) is 6.58 Å². The summed E-state index contributed by atoms with van der Waals surface area (Å²) in [5.74, 6) is 0. The lowest BCUT2D eigenvalue weighted by atomic mass is 10.0. The predicted octanol–water partition coefficient (Wildman–Crippen LogP) is 4.68. The summed E-state index contributed by atoms with van der Waals surface area (Å²) >= 11 is 0. The number of hydrogen-bond acceptors (Lipinski definition) is 3. The van der Waals surface area contributed by atoms with E-state index in [9.17, 15) is 4.79 Å². The minimum Gasteiger partial charge on any atom is -0.443 e. The number of anilines is 1. The average Bonchev–Trinajstić information content (AvgIpc) is 2.52. The molecule has 0 saturated heterocycles. The van der Waals surface area contributed by atoms with Crippen molar-refractivity contribution in [1.82, 2.24) is 4.98 Å². The second-order valence-corrected chi connectivity index (χ2v) is 6.13. The van der Waals surface area contributed by atoms with E-state index >= 15 is 0 Å². The maximum absolute atomic E-state index is 12.6. The molecule has 0 aliphatic rings. The van der Waals surface area contributed by atoms with Gasteiger partial charge in [-0.1, -0.05) is 24.3 Å². The van der Waals surface area contributed by atoms with Gasteiger partial charge in [0.25, 0.3) is 0 Å². The van der Waals surface area contributed by atoms with E-state index < -0.39 is 5.60 Å². The summed E-state index contributed by atoms with van der Waals surface area (Å²) in [4.78, 5) is 18.2. The summed E-state index contributed by atoms with van der Waals surface area (Å²) in [6.07, 6.45) is 4.76. The minimum atomic E-state index is -0.553. The monoisotopic (exact) mass is 310 g/mol. The molecule has 120 valence electrons. The Hall–Kier alpha value is -2.62. The lowest BCUT2D eigenvalue weighted by Gasteiger charge is -2.28. The van der Waals surface area contributed by atoms with E-state index in [1.54, 1.807) is 23.4 Å². The summed E-state index contributed by atoms with van der Waals surface area (Å²) in [6.45, 7) is 9.68. The zero-order chi connectivity index (χ0) is 16.9. The zero-order valence-corrected chi connectivity index (χ0v) is 13.8. The first-order valence-electron chi connectivity index (χ1n) is 7.53. The van der Waals surface area contributed by atoms with E-state index in [1.807, 2.05) is 57.2 Å². The molecular weight excluding hydrogens is 288 g/mol. The number of amides is 1. The molecule has 0 N–H and O–H groups in total. The van der Waals surface area contributed by atoms with Crippen molar-refractivity contribution in [3.05, 3.63) is 61.4 Å². The van der Waals surface area contributed by atoms with E-state index in [2.05, 4.69) is 11.6 Å². The number of nitrogens with zero attached hydrogens (tertiary/aromatic N) is 2. The topological polar surface area (TPSA) is 42.4 Å². The van der Waals surface area contributed by atoms with Crippen molar-refractivity contribution in [2.45, 2.75) is 26.4 Å². The number of para-hydroxylation sites is 1. The van der Waals surface area contributed by atoms with Gasteiger partial charge >= 0.3 is 6.09 Å². The van der Waals surface area contributed by atoms with Crippen LogP contribution in [0.5, 0.6) is 0 Å². The van der Waals surface area contributed by atoms with Gasteiger partial charge in [-0.2, -0.15) is 0 Å². The summed E-state index contributed by atoms with van der Waals surface area (Å²) in [5.41, 5.74) is 2.17. The van der Waals surface area contributed by atoms with Crippen LogP contribution in [0, 0.1) is 0 Å². The Morgan fingerprint density at radius 2 is 1.87 bits per heavy atom. The van der Waals surface area contributed by atoms with Crippen LogP contribution in [0.15, 0.2) is 61.4 Å². The third-order valence-corrected chi connectivity index (χ3v) is 3.11. The molecule has 2 rings (SSSR count). The molecule has 0 unspecified atom stereocenters. The molecule has 0 bridgehead atoms. The van der Waals surface area contributed by atoms with Gasteiger partial charge in [-0.25, -0.2) is 4.79 Å². The molecular formula is C19H22N2O2. The Labute approximate surface area is 137 Å². The van der Waals surface area contributed by atoms with Crippen LogP contribution in [-0.4, -0.2) is 23.2 Å². The highest BCUT2D eigenvalue weighted by Crippen LogP contribution is 2.31. The van der Waals surface area contributed by atoms with Crippen molar-refractivity contribution in [3.8, 4) is 11.1 Å². The predicted molar refractivity (Wildman–Crippen MR) is 93.5 cm³/mol. The van der Waals surface area contributed by atoms with Crippen LogP contribution in [0.25, 0.3) is 11.1 Å². The second kappa shape index (κ2) is 7.09. The average molecular weight is 310 g/mol. The van der Waals surface area contributed by atoms with Crippen molar-refractivity contribution < 1.29 is 9.53 Å². The summed E-state index contributed by atoms with van der Waals surface area (Å²) in [7, 11) is 0. The van der Waals surface area contributed by atoms with E-state index in [4.69, 9.17) is 4.74 Å². The molecule has 0 aliphatic carbocycles. The molecule has 1 aromatic heterocycles. The van der Waals surface area contributed by atoms with Crippen LogP contribution in [-0.2, 0) is 4.74 Å². The molecule has 4 heteroatoms. The third kappa shape index (κ3) is 4.42. The molecule has 0 aliphatic heterocycles. The number of carbonyl (C=O) groups excluding carboxylic acids is 1. The van der Waals surface area contributed by atoms with Gasteiger partial charge in [-0.05, 0) is 44.5 Å². The van der Waals surface area contributed by atoms with Crippen LogP contribution in [0.3, 0.4) is 0 Å². The van der Waals surface area contributed by atoms with Gasteiger partial charge in [0, 0.05) is 24.5 Å². The van der Waals surface area contributed by atoms with Crippen LogP contribution >= 0.6 is 0 Å². The lowest BCUT2D eigenvalue weighted by molar-refractivity contribution is 0.0584. The number of carbonyl (C=O) groups is 1. The molecule has 1 amide bonds. The Balaban J connectivity index is 2.44. The highest BCUT2D eigenvalue weighted by Gasteiger charge is 2.24. The highest BCUT2D eigenvalue weighted by molar-refractivity contribution is 5.94. The molecule has 0 fully saturated rings. The Bertz CT molecular complexity index is 675. The number of rotatable bonds is 4. The molecule has 0 atom stereocenters. The zero-order valence-electron chi connectivity index (χ0n) is 13.8. The third-order valence-electron chi connectivity index (χ3n) is 3.11. The molecule has 1 heterocycles. The first-order valence-corrected chi connectivity index (χ1v) is 7.53. The highest BCUT2D eigenvalue weighted by atomic mass is 16.6. The Morgan fingerprint density at radius 3 is 2.48 bits per heavy atom. The van der Waals surface area contributed by atoms with Crippen molar-refractivity contribution in [3.63, 3.8) is 0 Å². The van der Waals surface area contributed by atoms with Gasteiger partial charge in [0.05, 0.1) is 5.69 Å². The van der Waals surface area contributed by atoms with Crippen LogP contribution in [0.1, 0.15) is 20.8 Å². The molecule has 0 radical (unpaired) electrons. The fourth-order valence-electron chi connectivity index (χ4n) is 2.20. The van der Waals surface area contributed by atoms with Crippen LogP contribution in [0.2, 0.25) is 0 Å². The fraction of sp³-hybridized carbons (Fsp3) is 0.263. The van der Waals surface area contributed by atoms with Crippen LogP contribution in [0.4, 0.5) is 10.5 Å². The quantitative estimate of drug-likeness (QED) is 0.770. The van der Waals surface area contributed by atoms with E-state index in [0.717, 1.165) is 16.8 Å². The van der Waals surface area contributed by atoms with Gasteiger partial charge < -0.3 is 4.74 Å². The summed E-state index contributed by atoms with van der Waals surface area (Å²) in [6, 6.07) is 11.6. The first kappa shape index (κ1) is 16.7. The SMILES string of the molecule is C=CCN(C(=O)OC(C)(C)C)c1ccccc1-c1ccncc1. The smallest absolute Gasteiger partial charge is 0.415 e. The summed E-state index contributed by atoms with van der Waals surface area (Å²) in [5, 5.41) is 0. The maximum atomic E-state index is 12.6. The van der Waals surface area contributed by atoms with Crippen molar-refractivity contribution in [1.29, 1.82) is 0 Å². The first-order chi connectivity index (χ1) is 10.9. The second-order valence-electron chi connectivity index (χ2n) is 6.13. The lowest BCUT2D eigenvalue weighted by Crippen LogP contribution is -2.37. The van der Waals surface area contributed by atoms with Crippen molar-refractivity contribution in [2.24, 2.45) is 0 Å². The number of hydrogen-bond donors (Lipinski definition) is 0. The fourth-order valence-corrected chi connectivity index (χ4v) is 2.20. The van der Waals surface area contributed by atoms with Crippen molar-refractivity contribution in [2.75, 3.05) is 11.4 Å². The number of ether oxygens (including phenoxy) is 1. The van der Waals surface area contributed by atoms with Gasteiger partial charge in [0.2, 0.25) is 0 Å². The Kier molecular flexibility index (Phi) is 5.16. The van der Waals surface area contributed by atoms with E-state index in [-0.39, 0.29) is 6.09 Å². The molecule has 0 spiro atoms. The molecule has 2 aromatic rings. The summed E-state index contributed by atoms with van der Waals surface area (Å²) < 4.78 is 5.52. The molecule has 0 saturated carbocycles. The van der Waals surface area contributed by atoms with Crippen LogP contribution < -0.4 is 4.90 Å². The molecule has 4 nitrogen and oxygen atoms in total. The van der Waals surface area contributed by atoms with Gasteiger partial charge in [0.15, 0.2) is 0 Å². The standard InChI is InChI=1S/C19H22N2O2/c1-5-14-21(18(22)23-19(2,3)4)17-9-7-6-8-16(17)15-10-12-20-13-11-15/h5-13H,1,14H2,2-4H3. The molecule has 23 heavy (non-hydrogen) atoms. The minimum absolute atomic E-state index is 0.372. The Morgan fingerprint density at radius 1 is 1.22 bits per heavy atom. The van der Waals surface area contributed by atoms with E-state index in [0.29, 0.717) is 6.54 Å².